The van der Waals surface area contributed by atoms with Gasteiger partial charge in [-0.05, 0) is 29.7 Å². The third kappa shape index (κ3) is 7.54. The van der Waals surface area contributed by atoms with Crippen LogP contribution in [0.15, 0.2) is 95.6 Å². The molecule has 1 fully saturated rings. The van der Waals surface area contributed by atoms with E-state index in [1.165, 1.54) is 19.4 Å². The number of primary amides is 1. The van der Waals surface area contributed by atoms with Gasteiger partial charge in [0.25, 0.3) is 11.5 Å². The summed E-state index contributed by atoms with van der Waals surface area (Å²) in [5.41, 5.74) is 7.04. The quantitative estimate of drug-likeness (QED) is 0.153. The molecule has 5 rings (SSSR count). The number of amides is 2. The summed E-state index contributed by atoms with van der Waals surface area (Å²) in [4.78, 5) is 38.2. The highest BCUT2D eigenvalue weighted by Gasteiger charge is 2.52. The lowest BCUT2D eigenvalue weighted by Crippen LogP contribution is -2.54. The number of rotatable bonds is 12. The topological polar surface area (TPSA) is 212 Å². The zero-order valence-corrected chi connectivity index (χ0v) is 25.4. The van der Waals surface area contributed by atoms with Gasteiger partial charge in [0.15, 0.2) is 18.1 Å². The molecule has 14 nitrogen and oxygen atoms in total. The number of aromatic nitrogens is 1. The molecule has 0 radical (unpaired) electrons. The van der Waals surface area contributed by atoms with E-state index in [9.17, 15) is 34.8 Å². The maximum atomic E-state index is 13.2. The number of aliphatic hydroxyl groups excluding tert-OH is 3. The van der Waals surface area contributed by atoms with E-state index >= 15 is 0 Å². The minimum absolute atomic E-state index is 0.0180. The van der Waals surface area contributed by atoms with Gasteiger partial charge in [-0.1, -0.05) is 60.7 Å². The van der Waals surface area contributed by atoms with E-state index in [1.807, 2.05) is 60.7 Å². The van der Waals surface area contributed by atoms with Gasteiger partial charge in [0.2, 0.25) is 12.2 Å². The average Bonchev–Trinajstić information content (AvgIpc) is 3.39. The standard InChI is InChI=1S/C33H37N3O11/c1-44-27-26(41)32(36-15-13-20(37)16-24(36)39)46-28(27)29(30(34)42)47-33-25(40)22(38)17-23(45-33)31(43)35-14-12-21(18-8-4-2-5-9-18)19-10-6-3-7-11-19/h2-11,13,15-17,21-22,25-29,32-33,37-38,40-41H,12,14H2,1H3,(H2,34,42)(H,35,43)/t22-,25-,26?,27?,28-,29?,32+,33+/m0/s1. The fourth-order valence-corrected chi connectivity index (χ4v) is 5.76. The maximum absolute atomic E-state index is 13.2. The number of nitrogens with one attached hydrogen (secondary N) is 1. The molecule has 0 bridgehead atoms. The van der Waals surface area contributed by atoms with Crippen molar-refractivity contribution in [2.45, 2.75) is 61.5 Å². The summed E-state index contributed by atoms with van der Waals surface area (Å²) in [7, 11) is 1.23. The Labute approximate surface area is 269 Å². The van der Waals surface area contributed by atoms with Crippen molar-refractivity contribution in [3.8, 4) is 5.75 Å². The number of nitrogens with two attached hydrogens (primary N) is 1. The molecule has 1 aromatic heterocycles. The van der Waals surface area contributed by atoms with E-state index in [1.54, 1.807) is 0 Å². The van der Waals surface area contributed by atoms with Crippen molar-refractivity contribution < 1.29 is 49.0 Å². The van der Waals surface area contributed by atoms with Gasteiger partial charge < -0.3 is 50.4 Å². The van der Waals surface area contributed by atoms with Gasteiger partial charge in [0.05, 0.1) is 0 Å². The highest BCUT2D eigenvalue weighted by molar-refractivity contribution is 5.91. The minimum Gasteiger partial charge on any atom is -0.508 e. The number of carbonyl (C=O) groups excluding carboxylic acids is 2. The normalized spacial score (nSPS) is 26.3. The molecular formula is C33H37N3O11. The Kier molecular flexibility index (Phi) is 10.7. The van der Waals surface area contributed by atoms with E-state index in [-0.39, 0.29) is 24.0 Å². The van der Waals surface area contributed by atoms with Crippen molar-refractivity contribution in [1.82, 2.24) is 9.88 Å². The van der Waals surface area contributed by atoms with E-state index in [0.29, 0.717) is 6.42 Å². The SMILES string of the molecule is COC1C(O)[C@H](n2ccc(O)cc2=O)O[C@@H]1C(O[C@H]1OC(C(=O)NCCC(c2ccccc2)c2ccccc2)=C[C@H](O)[C@@H]1O)C(N)=O. The fourth-order valence-electron chi connectivity index (χ4n) is 5.76. The van der Waals surface area contributed by atoms with Crippen LogP contribution in [0.1, 0.15) is 29.7 Å². The molecule has 47 heavy (non-hydrogen) atoms. The largest absolute Gasteiger partial charge is 0.508 e. The molecule has 0 saturated carbocycles. The van der Waals surface area contributed by atoms with Crippen LogP contribution in [0.2, 0.25) is 0 Å². The predicted molar refractivity (Wildman–Crippen MR) is 164 cm³/mol. The van der Waals surface area contributed by atoms with Gasteiger partial charge in [-0.3, -0.25) is 19.0 Å². The van der Waals surface area contributed by atoms with Crippen molar-refractivity contribution in [1.29, 1.82) is 0 Å². The molecule has 250 valence electrons. The number of ether oxygens (including phenoxy) is 4. The Bertz CT molecular complexity index is 1580. The van der Waals surface area contributed by atoms with Crippen LogP contribution in [-0.2, 0) is 28.5 Å². The lowest BCUT2D eigenvalue weighted by molar-refractivity contribution is -0.241. The number of nitrogens with zero attached hydrogens (tertiary/aromatic N) is 1. The Morgan fingerprint density at radius 2 is 1.64 bits per heavy atom. The maximum Gasteiger partial charge on any atom is 0.286 e. The highest BCUT2D eigenvalue weighted by atomic mass is 16.7. The summed E-state index contributed by atoms with van der Waals surface area (Å²) in [6.07, 6.45) is -9.73. The molecule has 7 N–H and O–H groups in total. The summed E-state index contributed by atoms with van der Waals surface area (Å²) in [5.74, 6) is -2.50. The lowest BCUT2D eigenvalue weighted by Gasteiger charge is -2.35. The second kappa shape index (κ2) is 14.9. The third-order valence-corrected chi connectivity index (χ3v) is 8.13. The molecule has 1 saturated heterocycles. The smallest absolute Gasteiger partial charge is 0.286 e. The van der Waals surface area contributed by atoms with Crippen molar-refractivity contribution in [3.05, 3.63) is 112 Å². The zero-order valence-electron chi connectivity index (χ0n) is 25.4. The Morgan fingerprint density at radius 1 is 1.00 bits per heavy atom. The van der Waals surface area contributed by atoms with Gasteiger partial charge in [-0.15, -0.1) is 0 Å². The van der Waals surface area contributed by atoms with Crippen molar-refractivity contribution >= 4 is 11.8 Å². The van der Waals surface area contributed by atoms with Crippen LogP contribution in [0.25, 0.3) is 0 Å². The molecule has 8 atom stereocenters. The minimum atomic E-state index is -1.77. The first-order valence-electron chi connectivity index (χ1n) is 14.9. The Balaban J connectivity index is 1.27. The second-order valence-corrected chi connectivity index (χ2v) is 11.2. The number of benzene rings is 2. The summed E-state index contributed by atoms with van der Waals surface area (Å²) in [6.45, 7) is 0.226. The van der Waals surface area contributed by atoms with Gasteiger partial charge in [0, 0.05) is 31.8 Å². The summed E-state index contributed by atoms with van der Waals surface area (Å²) in [6, 6.07) is 21.7. The Hall–Kier alpha value is -4.57. The molecule has 2 aliphatic rings. The molecule has 14 heteroatoms. The van der Waals surface area contributed by atoms with Crippen molar-refractivity contribution in [2.24, 2.45) is 5.73 Å². The summed E-state index contributed by atoms with van der Waals surface area (Å²) < 4.78 is 23.5. The molecule has 2 aliphatic heterocycles. The molecule has 3 unspecified atom stereocenters. The van der Waals surface area contributed by atoms with Gasteiger partial charge in [-0.2, -0.15) is 0 Å². The van der Waals surface area contributed by atoms with Crippen LogP contribution in [-0.4, -0.2) is 93.4 Å². The Morgan fingerprint density at radius 3 is 2.21 bits per heavy atom. The zero-order chi connectivity index (χ0) is 33.7. The number of pyridine rings is 1. The number of aliphatic hydroxyl groups is 3. The molecule has 0 spiro atoms. The van der Waals surface area contributed by atoms with E-state index in [4.69, 9.17) is 24.7 Å². The van der Waals surface area contributed by atoms with Crippen LogP contribution in [0, 0.1) is 0 Å². The van der Waals surface area contributed by atoms with Crippen LogP contribution in [0.4, 0.5) is 0 Å². The molecule has 3 heterocycles. The molecule has 2 aromatic carbocycles. The van der Waals surface area contributed by atoms with Crippen LogP contribution in [0.3, 0.4) is 0 Å². The van der Waals surface area contributed by atoms with Crippen LogP contribution < -0.4 is 16.6 Å². The van der Waals surface area contributed by atoms with E-state index < -0.39 is 66.5 Å². The van der Waals surface area contributed by atoms with Gasteiger partial charge in [-0.25, -0.2) is 0 Å². The van der Waals surface area contributed by atoms with E-state index in [0.717, 1.165) is 27.8 Å². The summed E-state index contributed by atoms with van der Waals surface area (Å²) in [5, 5.41) is 44.5. The predicted octanol–water partition coefficient (Wildman–Crippen LogP) is -0.00190. The third-order valence-electron chi connectivity index (χ3n) is 8.13. The van der Waals surface area contributed by atoms with Gasteiger partial charge in [0.1, 0.15) is 36.3 Å². The second-order valence-electron chi connectivity index (χ2n) is 11.2. The number of hydrogen-bond donors (Lipinski definition) is 6. The van der Waals surface area contributed by atoms with Crippen LogP contribution >= 0.6 is 0 Å². The van der Waals surface area contributed by atoms with Crippen molar-refractivity contribution in [2.75, 3.05) is 13.7 Å². The lowest BCUT2D eigenvalue weighted by atomic mass is 9.88. The molecule has 3 aromatic rings. The number of aromatic hydroxyl groups is 1. The highest BCUT2D eigenvalue weighted by Crippen LogP contribution is 2.34. The number of hydrogen-bond acceptors (Lipinski definition) is 11. The summed E-state index contributed by atoms with van der Waals surface area (Å²) >= 11 is 0. The monoisotopic (exact) mass is 651 g/mol. The first kappa shape index (κ1) is 33.8. The number of methoxy groups -OCH3 is 1. The molecule has 2 amide bonds. The average molecular weight is 652 g/mol. The first-order valence-corrected chi connectivity index (χ1v) is 14.9. The first-order chi connectivity index (χ1) is 22.6. The van der Waals surface area contributed by atoms with E-state index in [2.05, 4.69) is 5.32 Å². The molecular weight excluding hydrogens is 614 g/mol. The van der Waals surface area contributed by atoms with Gasteiger partial charge >= 0.3 is 0 Å². The molecule has 0 aliphatic carbocycles. The number of carbonyl (C=O) groups is 2. The van der Waals surface area contributed by atoms with Crippen molar-refractivity contribution in [3.63, 3.8) is 0 Å². The fraction of sp³-hybridized carbons (Fsp3) is 0.364. The van der Waals surface area contributed by atoms with Crippen LogP contribution in [0.5, 0.6) is 5.75 Å².